The van der Waals surface area contributed by atoms with Crippen LogP contribution in [0.15, 0.2) is 5.16 Å². The highest BCUT2D eigenvalue weighted by molar-refractivity contribution is 5.88. The number of esters is 1. The van der Waals surface area contributed by atoms with Gasteiger partial charge in [0.25, 0.3) is 0 Å². The molecule has 5 N–H and O–H groups in total. The summed E-state index contributed by atoms with van der Waals surface area (Å²) in [5, 5.41) is 61.8. The summed E-state index contributed by atoms with van der Waals surface area (Å²) in [4.78, 5) is 19.3. The average molecular weight is 720 g/mol. The Morgan fingerprint density at radius 3 is 2.10 bits per heavy atom. The fourth-order valence-corrected chi connectivity index (χ4v) is 8.10. The second-order valence-electron chi connectivity index (χ2n) is 15.7. The maximum Gasteiger partial charge on any atom is 0.311 e. The number of oxime groups is 1. The van der Waals surface area contributed by atoms with Crippen LogP contribution in [-0.2, 0) is 38.1 Å². The van der Waals surface area contributed by atoms with E-state index >= 15 is 0 Å². The standard InChI is InChI=1S/C36H65NO13/c1-13-25-36(10,43)29(39)20(4)27(37-45-12)18(2)16-34(8,42)31(50-33-24(38)15-14-19(3)46-33)21(5)28(22(6)32(41)48-25)49-26-17-35(9,44-11)30(40)23(7)47-26/h18-26,28-31,33,38-40,42-43H,13-17H2,1-12H3/b37-27+/t18-,19-,20+,21+,22-,23+,24-,25-,26+,28+,29-,30+,31+,33+,34?,35-,36-/m1/s1. The fourth-order valence-electron chi connectivity index (χ4n) is 8.10. The number of nitrogens with zero attached hydrogens (tertiary/aromatic N) is 1. The van der Waals surface area contributed by atoms with Crippen LogP contribution in [0.25, 0.3) is 0 Å². The molecule has 3 aliphatic rings. The second-order valence-corrected chi connectivity index (χ2v) is 15.7. The van der Waals surface area contributed by atoms with E-state index in [0.29, 0.717) is 18.6 Å². The molecule has 1 unspecified atom stereocenters. The molecule has 3 saturated heterocycles. The molecule has 3 aliphatic heterocycles. The number of aliphatic hydroxyl groups is 5. The van der Waals surface area contributed by atoms with Crippen LogP contribution in [0.3, 0.4) is 0 Å². The van der Waals surface area contributed by atoms with E-state index in [0.717, 1.165) is 0 Å². The zero-order valence-corrected chi connectivity index (χ0v) is 32.1. The van der Waals surface area contributed by atoms with Crippen LogP contribution < -0.4 is 0 Å². The van der Waals surface area contributed by atoms with Crippen molar-refractivity contribution in [3.05, 3.63) is 0 Å². The van der Waals surface area contributed by atoms with E-state index in [1.807, 2.05) is 13.8 Å². The molecule has 0 amide bonds. The fraction of sp³-hybridized carbons (Fsp3) is 0.944. The van der Waals surface area contributed by atoms with Crippen molar-refractivity contribution in [3.63, 3.8) is 0 Å². The van der Waals surface area contributed by atoms with Crippen molar-refractivity contribution < 1.29 is 63.6 Å². The summed E-state index contributed by atoms with van der Waals surface area (Å²) in [6.45, 7) is 17.0. The highest BCUT2D eigenvalue weighted by Crippen LogP contribution is 2.40. The summed E-state index contributed by atoms with van der Waals surface area (Å²) in [6.07, 6.45) is -8.15. The lowest BCUT2D eigenvalue weighted by Gasteiger charge is -2.48. The molecule has 3 fully saturated rings. The molecule has 0 aliphatic carbocycles. The highest BCUT2D eigenvalue weighted by Gasteiger charge is 2.52. The molecule has 0 saturated carbocycles. The number of rotatable bonds is 7. The molecule has 0 aromatic carbocycles. The molecule has 50 heavy (non-hydrogen) atoms. The van der Waals surface area contributed by atoms with Gasteiger partial charge in [0, 0.05) is 31.3 Å². The van der Waals surface area contributed by atoms with Crippen LogP contribution in [0.1, 0.15) is 101 Å². The predicted octanol–water partition coefficient (Wildman–Crippen LogP) is 2.68. The van der Waals surface area contributed by atoms with E-state index < -0.39 is 102 Å². The predicted molar refractivity (Wildman–Crippen MR) is 183 cm³/mol. The maximum atomic E-state index is 14.1. The molecule has 14 nitrogen and oxygen atoms in total. The Kier molecular flexibility index (Phi) is 14.7. The number of aliphatic hydroxyl groups excluding tert-OH is 3. The number of cyclic esters (lactones) is 1. The summed E-state index contributed by atoms with van der Waals surface area (Å²) in [5.41, 5.74) is -4.24. The third-order valence-electron chi connectivity index (χ3n) is 11.3. The van der Waals surface area contributed by atoms with Crippen LogP contribution in [0.2, 0.25) is 0 Å². The lowest BCUT2D eigenvalue weighted by molar-refractivity contribution is -0.314. The van der Waals surface area contributed by atoms with Crippen LogP contribution >= 0.6 is 0 Å². The van der Waals surface area contributed by atoms with Crippen LogP contribution in [0.4, 0.5) is 0 Å². The Morgan fingerprint density at radius 1 is 0.880 bits per heavy atom. The monoisotopic (exact) mass is 719 g/mol. The van der Waals surface area contributed by atoms with E-state index in [4.69, 9.17) is 33.3 Å². The molecule has 0 spiro atoms. The molecule has 0 radical (unpaired) electrons. The number of ether oxygens (including phenoxy) is 6. The van der Waals surface area contributed by atoms with Crippen molar-refractivity contribution in [3.8, 4) is 0 Å². The van der Waals surface area contributed by atoms with Gasteiger partial charge in [0.15, 0.2) is 12.6 Å². The molecule has 17 atom stereocenters. The first-order valence-electron chi connectivity index (χ1n) is 18.1. The van der Waals surface area contributed by atoms with Crippen molar-refractivity contribution in [2.75, 3.05) is 14.2 Å². The van der Waals surface area contributed by atoms with Gasteiger partial charge in [-0.1, -0.05) is 32.9 Å². The van der Waals surface area contributed by atoms with Crippen molar-refractivity contribution in [2.45, 2.75) is 180 Å². The minimum atomic E-state index is -1.90. The summed E-state index contributed by atoms with van der Waals surface area (Å²) < 4.78 is 37.0. The van der Waals surface area contributed by atoms with Gasteiger partial charge in [0.05, 0.1) is 53.4 Å². The molecule has 3 heterocycles. The van der Waals surface area contributed by atoms with Gasteiger partial charge in [-0.25, -0.2) is 0 Å². The van der Waals surface area contributed by atoms with E-state index in [1.165, 1.54) is 21.1 Å². The van der Waals surface area contributed by atoms with Crippen molar-refractivity contribution in [2.24, 2.45) is 28.8 Å². The quantitative estimate of drug-likeness (QED) is 0.191. The Labute approximate surface area is 297 Å². The first kappa shape index (κ1) is 42.9. The Hall–Kier alpha value is -1.46. The lowest BCUT2D eigenvalue weighted by Crippen LogP contribution is -2.60. The van der Waals surface area contributed by atoms with Crippen molar-refractivity contribution in [1.82, 2.24) is 0 Å². The van der Waals surface area contributed by atoms with Crippen LogP contribution in [-0.4, -0.2) is 130 Å². The molecule has 0 aromatic rings. The number of methoxy groups -OCH3 is 1. The van der Waals surface area contributed by atoms with E-state index in [2.05, 4.69) is 5.16 Å². The van der Waals surface area contributed by atoms with E-state index in [1.54, 1.807) is 48.5 Å². The second kappa shape index (κ2) is 17.1. The highest BCUT2D eigenvalue weighted by atomic mass is 16.7. The van der Waals surface area contributed by atoms with Gasteiger partial charge in [-0.15, -0.1) is 0 Å². The SMILES string of the molecule is CC[C@H]1OC(=O)[C@H](C)[C@@H](O[C@H]2C[C@@](C)(OC)[C@@H](O)[C@H](C)O2)[C@H](C)[C@H](O[C@@H]2O[C@H](C)CC[C@H]2O)C(C)(O)C[C@@H](C)/C(=N\OC)[C@H](C)[C@@H](O)[C@]1(C)O. The number of hydrogen-bond donors (Lipinski definition) is 5. The topological polar surface area (TPSA) is 195 Å². The normalized spacial score (nSPS) is 49.6. The molecular weight excluding hydrogens is 654 g/mol. The zero-order chi connectivity index (χ0) is 37.9. The van der Waals surface area contributed by atoms with Gasteiger partial charge in [-0.05, 0) is 67.2 Å². The molecule has 3 rings (SSSR count). The number of hydrogen-bond acceptors (Lipinski definition) is 14. The molecule has 14 heteroatoms. The lowest BCUT2D eigenvalue weighted by atomic mass is 9.73. The maximum absolute atomic E-state index is 14.1. The first-order valence-corrected chi connectivity index (χ1v) is 18.1. The van der Waals surface area contributed by atoms with Gasteiger partial charge >= 0.3 is 5.97 Å². The zero-order valence-electron chi connectivity index (χ0n) is 32.1. The summed E-state index contributed by atoms with van der Waals surface area (Å²) in [5.74, 6) is -3.82. The minimum Gasteiger partial charge on any atom is -0.459 e. The Bertz CT molecular complexity index is 1140. The average Bonchev–Trinajstić information content (AvgIpc) is 3.05. The number of carbonyl (C=O) groups is 1. The largest absolute Gasteiger partial charge is 0.459 e. The van der Waals surface area contributed by atoms with Gasteiger partial charge in [0.2, 0.25) is 0 Å². The molecule has 0 aromatic heterocycles. The van der Waals surface area contributed by atoms with E-state index in [-0.39, 0.29) is 25.4 Å². The van der Waals surface area contributed by atoms with Gasteiger partial charge in [0.1, 0.15) is 31.0 Å². The third-order valence-corrected chi connectivity index (χ3v) is 11.3. The van der Waals surface area contributed by atoms with Crippen LogP contribution in [0.5, 0.6) is 0 Å². The van der Waals surface area contributed by atoms with Crippen molar-refractivity contribution >= 4 is 11.7 Å². The number of carbonyl (C=O) groups excluding carboxylic acids is 1. The molecular formula is C36H65NO13. The smallest absolute Gasteiger partial charge is 0.311 e. The van der Waals surface area contributed by atoms with Gasteiger partial charge in [-0.3, -0.25) is 4.79 Å². The Balaban J connectivity index is 2.20. The Morgan fingerprint density at radius 2 is 1.52 bits per heavy atom. The molecule has 0 bridgehead atoms. The van der Waals surface area contributed by atoms with Gasteiger partial charge in [-0.2, -0.15) is 0 Å². The first-order chi connectivity index (χ1) is 23.1. The molecule has 292 valence electrons. The van der Waals surface area contributed by atoms with Crippen LogP contribution in [0, 0.1) is 23.7 Å². The van der Waals surface area contributed by atoms with E-state index in [9.17, 15) is 30.3 Å². The van der Waals surface area contributed by atoms with Crippen molar-refractivity contribution in [1.29, 1.82) is 0 Å². The minimum absolute atomic E-state index is 0.0371. The van der Waals surface area contributed by atoms with Gasteiger partial charge < -0.3 is 58.8 Å². The summed E-state index contributed by atoms with van der Waals surface area (Å²) in [7, 11) is 2.87. The third kappa shape index (κ3) is 9.36. The summed E-state index contributed by atoms with van der Waals surface area (Å²) >= 11 is 0. The summed E-state index contributed by atoms with van der Waals surface area (Å²) in [6, 6.07) is 0.